The van der Waals surface area contributed by atoms with E-state index in [0.717, 1.165) is 10.7 Å². The first-order valence-corrected chi connectivity index (χ1v) is 6.31. The maximum atomic E-state index is 11.2. The van der Waals surface area contributed by atoms with Crippen molar-refractivity contribution in [2.24, 2.45) is 0 Å². The Balaban J connectivity index is 0.000000163. The zero-order valence-electron chi connectivity index (χ0n) is 10.4. The molecule has 1 aliphatic rings. The number of para-hydroxylation sites is 1. The van der Waals surface area contributed by atoms with Gasteiger partial charge in [-0.25, -0.2) is 0 Å². The molecule has 1 fully saturated rings. The highest BCUT2D eigenvalue weighted by Crippen LogP contribution is 2.23. The van der Waals surface area contributed by atoms with E-state index in [9.17, 15) is 4.79 Å². The molecule has 19 heavy (non-hydrogen) atoms. The lowest BCUT2D eigenvalue weighted by Gasteiger charge is -2.32. The summed E-state index contributed by atoms with van der Waals surface area (Å²) in [7, 11) is 0. The lowest BCUT2D eigenvalue weighted by atomic mass is 10.1. The lowest BCUT2D eigenvalue weighted by Crippen LogP contribution is -2.45. The van der Waals surface area contributed by atoms with Gasteiger partial charge in [0.05, 0.1) is 6.54 Å². The third kappa shape index (κ3) is 3.46. The minimum atomic E-state index is 0.0428. The SMILES string of the molecule is C=C1CN(c2ccccc2)C1=O.Clc1ccccc1. The number of carbonyl (C=O) groups excluding carboxylic acids is 1. The molecular weight excluding hydrogens is 258 g/mol. The summed E-state index contributed by atoms with van der Waals surface area (Å²) in [6.45, 7) is 4.30. The number of benzene rings is 2. The first kappa shape index (κ1) is 13.4. The highest BCUT2D eigenvalue weighted by atomic mass is 35.5. The fourth-order valence-electron chi connectivity index (χ4n) is 1.66. The van der Waals surface area contributed by atoms with Gasteiger partial charge in [0.2, 0.25) is 0 Å². The molecule has 0 spiro atoms. The van der Waals surface area contributed by atoms with Crippen molar-refractivity contribution >= 4 is 23.2 Å². The fraction of sp³-hybridized carbons (Fsp3) is 0.0625. The van der Waals surface area contributed by atoms with E-state index in [4.69, 9.17) is 11.6 Å². The average molecular weight is 272 g/mol. The Hall–Kier alpha value is -2.06. The van der Waals surface area contributed by atoms with E-state index in [1.54, 1.807) is 4.90 Å². The van der Waals surface area contributed by atoms with E-state index in [1.807, 2.05) is 60.7 Å². The van der Waals surface area contributed by atoms with Crippen LogP contribution in [0.1, 0.15) is 0 Å². The molecule has 1 saturated heterocycles. The summed E-state index contributed by atoms with van der Waals surface area (Å²) in [6, 6.07) is 19.1. The van der Waals surface area contributed by atoms with Crippen molar-refractivity contribution in [3.63, 3.8) is 0 Å². The van der Waals surface area contributed by atoms with E-state index in [0.29, 0.717) is 12.1 Å². The van der Waals surface area contributed by atoms with E-state index in [1.165, 1.54) is 0 Å². The van der Waals surface area contributed by atoms with Crippen LogP contribution in [0.5, 0.6) is 0 Å². The third-order valence-electron chi connectivity index (χ3n) is 2.70. The normalized spacial score (nSPS) is 13.4. The zero-order chi connectivity index (χ0) is 13.7. The van der Waals surface area contributed by atoms with Crippen molar-refractivity contribution in [1.29, 1.82) is 0 Å². The Morgan fingerprint density at radius 3 is 1.84 bits per heavy atom. The molecule has 0 radical (unpaired) electrons. The highest BCUT2D eigenvalue weighted by Gasteiger charge is 2.29. The summed E-state index contributed by atoms with van der Waals surface area (Å²) < 4.78 is 0. The zero-order valence-corrected chi connectivity index (χ0v) is 11.2. The molecule has 0 bridgehead atoms. The van der Waals surface area contributed by atoms with Crippen LogP contribution in [0.25, 0.3) is 0 Å². The lowest BCUT2D eigenvalue weighted by molar-refractivity contribution is -0.117. The minimum absolute atomic E-state index is 0.0428. The van der Waals surface area contributed by atoms with E-state index >= 15 is 0 Å². The predicted octanol–water partition coefficient (Wildman–Crippen LogP) is 3.93. The number of hydrogen-bond donors (Lipinski definition) is 0. The molecule has 2 nitrogen and oxygen atoms in total. The smallest absolute Gasteiger partial charge is 0.255 e. The van der Waals surface area contributed by atoms with Crippen molar-refractivity contribution in [1.82, 2.24) is 0 Å². The molecule has 3 rings (SSSR count). The number of amides is 1. The van der Waals surface area contributed by atoms with Crippen molar-refractivity contribution in [2.45, 2.75) is 0 Å². The van der Waals surface area contributed by atoms with Crippen LogP contribution in [-0.2, 0) is 4.79 Å². The average Bonchev–Trinajstić information content (AvgIpc) is 2.47. The highest BCUT2D eigenvalue weighted by molar-refractivity contribution is 6.30. The molecule has 0 atom stereocenters. The third-order valence-corrected chi connectivity index (χ3v) is 2.95. The standard InChI is InChI=1S/C10H9NO.C6H5Cl/c1-8-7-11(10(8)12)9-5-3-2-4-6-9;7-6-4-2-1-3-5-6/h2-6H,1,7H2;1-5H. The van der Waals surface area contributed by atoms with Crippen LogP contribution in [0.15, 0.2) is 72.8 Å². The number of nitrogens with zero attached hydrogens (tertiary/aromatic N) is 1. The van der Waals surface area contributed by atoms with Crippen LogP contribution in [0.3, 0.4) is 0 Å². The molecule has 0 aliphatic carbocycles. The second-order valence-corrected chi connectivity index (χ2v) is 4.56. The molecule has 2 aromatic carbocycles. The number of hydrogen-bond acceptors (Lipinski definition) is 1. The van der Waals surface area contributed by atoms with E-state index in [-0.39, 0.29) is 5.91 Å². The molecule has 1 heterocycles. The van der Waals surface area contributed by atoms with Crippen LogP contribution in [-0.4, -0.2) is 12.5 Å². The van der Waals surface area contributed by atoms with E-state index < -0.39 is 0 Å². The number of anilines is 1. The van der Waals surface area contributed by atoms with Gasteiger partial charge in [0.1, 0.15) is 0 Å². The summed E-state index contributed by atoms with van der Waals surface area (Å²) >= 11 is 5.54. The number of carbonyl (C=O) groups is 1. The molecule has 0 N–H and O–H groups in total. The Labute approximate surface area is 117 Å². The van der Waals surface area contributed by atoms with Crippen LogP contribution in [0, 0.1) is 0 Å². The second-order valence-electron chi connectivity index (χ2n) is 4.13. The molecule has 96 valence electrons. The molecule has 0 saturated carbocycles. The number of rotatable bonds is 1. The molecule has 0 unspecified atom stereocenters. The maximum Gasteiger partial charge on any atom is 0.255 e. The summed E-state index contributed by atoms with van der Waals surface area (Å²) in [5.41, 5.74) is 1.65. The van der Waals surface area contributed by atoms with Crippen molar-refractivity contribution < 1.29 is 4.79 Å². The van der Waals surface area contributed by atoms with Crippen molar-refractivity contribution in [3.8, 4) is 0 Å². The van der Waals surface area contributed by atoms with E-state index in [2.05, 4.69) is 6.58 Å². The summed E-state index contributed by atoms with van der Waals surface area (Å²) in [6.07, 6.45) is 0. The van der Waals surface area contributed by atoms with Crippen LogP contribution < -0.4 is 4.90 Å². The van der Waals surface area contributed by atoms with Gasteiger partial charge in [-0.1, -0.05) is 54.6 Å². The summed E-state index contributed by atoms with van der Waals surface area (Å²) in [4.78, 5) is 12.9. The van der Waals surface area contributed by atoms with Gasteiger partial charge in [-0.2, -0.15) is 0 Å². The molecular formula is C16H14ClNO. The largest absolute Gasteiger partial charge is 0.304 e. The Kier molecular flexibility index (Phi) is 4.37. The topological polar surface area (TPSA) is 20.3 Å². The molecule has 1 amide bonds. The van der Waals surface area contributed by atoms with Crippen molar-refractivity contribution in [2.75, 3.05) is 11.4 Å². The van der Waals surface area contributed by atoms with Gasteiger partial charge in [0.15, 0.2) is 0 Å². The maximum absolute atomic E-state index is 11.2. The Morgan fingerprint density at radius 2 is 1.47 bits per heavy atom. The Morgan fingerprint density at radius 1 is 0.947 bits per heavy atom. The molecule has 3 heteroatoms. The number of β-lactam (4-membered cyclic amide) rings is 1. The predicted molar refractivity (Wildman–Crippen MR) is 79.4 cm³/mol. The summed E-state index contributed by atoms with van der Waals surface area (Å²) in [5, 5.41) is 0.794. The molecule has 1 aliphatic heterocycles. The molecule has 2 aromatic rings. The summed E-state index contributed by atoms with van der Waals surface area (Å²) in [5.74, 6) is 0.0428. The molecule has 0 aromatic heterocycles. The van der Waals surface area contributed by atoms with Gasteiger partial charge in [-0.15, -0.1) is 0 Å². The van der Waals surface area contributed by atoms with Gasteiger partial charge in [0, 0.05) is 16.3 Å². The van der Waals surface area contributed by atoms with Crippen LogP contribution in [0.2, 0.25) is 5.02 Å². The van der Waals surface area contributed by atoms with Crippen molar-refractivity contribution in [3.05, 3.63) is 77.8 Å². The first-order valence-electron chi connectivity index (χ1n) is 5.94. The Bertz CT molecular complexity index is 566. The second kappa shape index (κ2) is 6.21. The first-order chi connectivity index (χ1) is 9.18. The van der Waals surface area contributed by atoms with Crippen LogP contribution >= 0.6 is 11.6 Å². The quantitative estimate of drug-likeness (QED) is 0.568. The minimum Gasteiger partial charge on any atom is -0.304 e. The van der Waals surface area contributed by atoms with Gasteiger partial charge >= 0.3 is 0 Å². The van der Waals surface area contributed by atoms with Crippen LogP contribution in [0.4, 0.5) is 5.69 Å². The van der Waals surface area contributed by atoms with Gasteiger partial charge < -0.3 is 4.90 Å². The van der Waals surface area contributed by atoms with Gasteiger partial charge in [-0.3, -0.25) is 4.79 Å². The number of halogens is 1. The monoisotopic (exact) mass is 271 g/mol. The van der Waals surface area contributed by atoms with Gasteiger partial charge in [-0.05, 0) is 24.3 Å². The van der Waals surface area contributed by atoms with Gasteiger partial charge in [0.25, 0.3) is 5.91 Å². The fourth-order valence-corrected chi connectivity index (χ4v) is 1.81.